The van der Waals surface area contributed by atoms with Crippen LogP contribution in [0.25, 0.3) is 77.2 Å². The van der Waals surface area contributed by atoms with Crippen LogP contribution in [-0.2, 0) is 0 Å². The van der Waals surface area contributed by atoms with E-state index in [0.29, 0.717) is 13.1 Å². The van der Waals surface area contributed by atoms with Gasteiger partial charge in [0.25, 0.3) is 0 Å². The van der Waals surface area contributed by atoms with Gasteiger partial charge in [0.1, 0.15) is 0 Å². The van der Waals surface area contributed by atoms with Crippen molar-refractivity contribution in [3.05, 3.63) is 193 Å². The highest BCUT2D eigenvalue weighted by molar-refractivity contribution is 6.26. The summed E-state index contributed by atoms with van der Waals surface area (Å²) in [4.78, 5) is 18.7. The molecule has 0 amide bonds. The minimum atomic E-state index is 0.709. The molecule has 262 valence electrons. The van der Waals surface area contributed by atoms with E-state index in [-0.39, 0.29) is 0 Å². The fourth-order valence-corrected chi connectivity index (χ4v) is 7.82. The zero-order valence-corrected chi connectivity index (χ0v) is 30.3. The van der Waals surface area contributed by atoms with Gasteiger partial charge in [-0.3, -0.25) is 19.9 Å². The van der Waals surface area contributed by atoms with Gasteiger partial charge in [0.2, 0.25) is 0 Å². The van der Waals surface area contributed by atoms with Crippen LogP contribution in [0.5, 0.6) is 0 Å². The lowest BCUT2D eigenvalue weighted by Crippen LogP contribution is -2.19. The zero-order chi connectivity index (χ0) is 36.7. The molecule has 2 N–H and O–H groups in total. The summed E-state index contributed by atoms with van der Waals surface area (Å²) >= 11 is 0. The second-order valence-electron chi connectivity index (χ2n) is 14.1. The molecule has 6 heteroatoms. The lowest BCUT2D eigenvalue weighted by molar-refractivity contribution is 0.983. The monoisotopic (exact) mass is 708 g/mol. The summed E-state index contributed by atoms with van der Waals surface area (Å²) in [6.45, 7) is 3.52. The molecule has 0 aliphatic carbocycles. The summed E-state index contributed by atoms with van der Waals surface area (Å²) in [6, 6.07) is 40.9. The van der Waals surface area contributed by atoms with E-state index in [1.165, 1.54) is 54.6 Å². The first kappa shape index (κ1) is 32.5. The molecule has 4 aromatic heterocycles. The fourth-order valence-electron chi connectivity index (χ4n) is 7.82. The minimum absolute atomic E-state index is 0.709. The molecule has 0 saturated heterocycles. The Morgan fingerprint density at radius 2 is 1.00 bits per heavy atom. The number of fused-ring (bicyclic) bond motifs is 6. The third kappa shape index (κ3) is 6.04. The average Bonchev–Trinajstić information content (AvgIpc) is 3.27. The van der Waals surface area contributed by atoms with E-state index in [4.69, 9.17) is 9.97 Å². The third-order valence-electron chi connectivity index (χ3n) is 10.7. The normalized spacial score (nSPS) is 14.1. The second kappa shape index (κ2) is 13.7. The highest BCUT2D eigenvalue weighted by atomic mass is 14.9. The number of allylic oxidation sites excluding steroid dienone is 4. The van der Waals surface area contributed by atoms with E-state index in [0.717, 1.165) is 50.9 Å². The molecule has 55 heavy (non-hydrogen) atoms. The lowest BCUT2D eigenvalue weighted by atomic mass is 9.90. The van der Waals surface area contributed by atoms with Crippen LogP contribution >= 0.6 is 0 Å². The highest BCUT2D eigenvalue weighted by Gasteiger charge is 2.16. The molecule has 2 aliphatic heterocycles. The number of pyridine rings is 4. The van der Waals surface area contributed by atoms with Crippen LogP contribution in [0.4, 0.5) is 0 Å². The quantitative estimate of drug-likeness (QED) is 0.168. The maximum absolute atomic E-state index is 4.90. The number of rotatable bonds is 6. The molecule has 6 heterocycles. The van der Waals surface area contributed by atoms with Gasteiger partial charge in [0.05, 0.1) is 34.2 Å². The van der Waals surface area contributed by atoms with E-state index in [2.05, 4.69) is 143 Å². The van der Waals surface area contributed by atoms with E-state index in [1.807, 2.05) is 42.9 Å². The first-order chi connectivity index (χ1) is 27.2. The van der Waals surface area contributed by atoms with Crippen molar-refractivity contribution < 1.29 is 0 Å². The third-order valence-corrected chi connectivity index (χ3v) is 10.7. The van der Waals surface area contributed by atoms with E-state index in [9.17, 15) is 0 Å². The van der Waals surface area contributed by atoms with Gasteiger partial charge in [0, 0.05) is 49.0 Å². The molecule has 0 bridgehead atoms. The van der Waals surface area contributed by atoms with Crippen LogP contribution in [0.2, 0.25) is 0 Å². The van der Waals surface area contributed by atoms with Gasteiger partial charge in [-0.1, -0.05) is 78.9 Å². The Morgan fingerprint density at radius 1 is 0.418 bits per heavy atom. The van der Waals surface area contributed by atoms with Crippen molar-refractivity contribution in [3.8, 4) is 22.4 Å². The molecule has 0 saturated carbocycles. The fraction of sp³-hybridized carbons (Fsp3) is 0.0612. The highest BCUT2D eigenvalue weighted by Crippen LogP contribution is 2.39. The van der Waals surface area contributed by atoms with Gasteiger partial charge in [-0.15, -0.1) is 0 Å². The molecule has 10 rings (SSSR count). The molecule has 0 unspecified atom stereocenters. The summed E-state index contributed by atoms with van der Waals surface area (Å²) in [5.74, 6) is 0. The molecular formula is C49H36N6. The molecule has 6 nitrogen and oxygen atoms in total. The van der Waals surface area contributed by atoms with Crippen LogP contribution in [0.3, 0.4) is 0 Å². The van der Waals surface area contributed by atoms with Crippen molar-refractivity contribution in [2.24, 2.45) is 0 Å². The van der Waals surface area contributed by atoms with Crippen molar-refractivity contribution in [2.45, 2.75) is 6.92 Å². The predicted octanol–water partition coefficient (Wildman–Crippen LogP) is 10.4. The number of aryl methyl sites for hydroxylation is 1. The van der Waals surface area contributed by atoms with Crippen LogP contribution < -0.4 is 10.6 Å². The Balaban J connectivity index is 0.977. The number of hydrogen-bond acceptors (Lipinski definition) is 6. The molecule has 0 radical (unpaired) electrons. The first-order valence-electron chi connectivity index (χ1n) is 18.6. The zero-order valence-electron chi connectivity index (χ0n) is 30.3. The van der Waals surface area contributed by atoms with Crippen molar-refractivity contribution in [1.82, 2.24) is 30.6 Å². The van der Waals surface area contributed by atoms with Gasteiger partial charge in [-0.25, -0.2) is 0 Å². The van der Waals surface area contributed by atoms with Crippen molar-refractivity contribution in [3.63, 3.8) is 0 Å². The van der Waals surface area contributed by atoms with Gasteiger partial charge < -0.3 is 10.6 Å². The van der Waals surface area contributed by atoms with Crippen molar-refractivity contribution in [1.29, 1.82) is 0 Å². The van der Waals surface area contributed by atoms with E-state index in [1.54, 1.807) is 6.20 Å². The maximum atomic E-state index is 4.90. The van der Waals surface area contributed by atoms with Crippen LogP contribution in [0.15, 0.2) is 164 Å². The van der Waals surface area contributed by atoms with Crippen molar-refractivity contribution >= 4 is 54.9 Å². The standard InChI is InChI=1S/C49H36N6/c1-31-7-6-24-51-49(31)37-16-22-48(55-30-37)46-20-14-35(28-53-46)33-12-18-41-39-9-3-2-8-38(39)40-17-11-32(25-42(40)43(41)26-33)34-13-19-45(52-27-34)47-21-15-36(29-54-47)44-10-4-5-23-50-44/h2-26,28-29,52,55H,27,30H2,1H3. The molecule has 2 aliphatic rings. The Hall–Kier alpha value is -7.18. The van der Waals surface area contributed by atoms with Gasteiger partial charge in [-0.05, 0) is 128 Å². The van der Waals surface area contributed by atoms with E-state index < -0.39 is 0 Å². The predicted molar refractivity (Wildman–Crippen MR) is 227 cm³/mol. The average molecular weight is 709 g/mol. The summed E-state index contributed by atoms with van der Waals surface area (Å²) in [5.41, 5.74) is 13.8. The Kier molecular flexibility index (Phi) is 8.07. The van der Waals surface area contributed by atoms with Gasteiger partial charge in [-0.2, -0.15) is 0 Å². The Labute approximate surface area is 319 Å². The molecule has 0 fully saturated rings. The maximum Gasteiger partial charge on any atom is 0.0861 e. The molecular weight excluding hydrogens is 673 g/mol. The number of aromatic nitrogens is 4. The summed E-state index contributed by atoms with van der Waals surface area (Å²) in [5, 5.41) is 14.7. The molecule has 0 atom stereocenters. The summed E-state index contributed by atoms with van der Waals surface area (Å²) < 4.78 is 0. The number of benzene rings is 4. The molecule has 0 spiro atoms. The molecule has 8 aromatic rings. The van der Waals surface area contributed by atoms with Gasteiger partial charge in [0.15, 0.2) is 0 Å². The number of hydrogen-bond donors (Lipinski definition) is 2. The summed E-state index contributed by atoms with van der Waals surface area (Å²) in [7, 11) is 0. The largest absolute Gasteiger partial charge is 0.379 e. The Morgan fingerprint density at radius 3 is 1.60 bits per heavy atom. The summed E-state index contributed by atoms with van der Waals surface area (Å²) in [6.07, 6.45) is 16.1. The lowest BCUT2D eigenvalue weighted by Gasteiger charge is -2.19. The van der Waals surface area contributed by atoms with Crippen molar-refractivity contribution in [2.75, 3.05) is 13.1 Å². The topological polar surface area (TPSA) is 75.6 Å². The molecule has 4 aromatic carbocycles. The van der Waals surface area contributed by atoms with Crippen LogP contribution in [0, 0.1) is 6.92 Å². The first-order valence-corrected chi connectivity index (χ1v) is 18.6. The number of nitrogens with zero attached hydrogens (tertiary/aromatic N) is 4. The van der Waals surface area contributed by atoms with E-state index >= 15 is 0 Å². The number of dihydropyridines is 2. The number of nitrogens with one attached hydrogen (secondary N) is 2. The second-order valence-corrected chi connectivity index (χ2v) is 14.1. The van der Waals surface area contributed by atoms with Gasteiger partial charge >= 0.3 is 0 Å². The van der Waals surface area contributed by atoms with Crippen LogP contribution in [-0.4, -0.2) is 33.0 Å². The Bertz CT molecular complexity index is 2900. The minimum Gasteiger partial charge on any atom is -0.379 e. The van der Waals surface area contributed by atoms with Crippen LogP contribution in [0.1, 0.15) is 28.2 Å². The SMILES string of the molecule is Cc1cccnc1C1=CC=C(c2ccc(-c3ccc4c5ccccc5c5ccc(C6=CC=C(c7ccc(-c8ccccn8)cn7)NC6)cc5c4c3)cn2)NC1. The smallest absolute Gasteiger partial charge is 0.0861 e.